The van der Waals surface area contributed by atoms with E-state index in [2.05, 4.69) is 25.4 Å². The third-order valence-corrected chi connectivity index (χ3v) is 4.06. The monoisotopic (exact) mass is 376 g/mol. The van der Waals surface area contributed by atoms with Crippen LogP contribution >= 0.6 is 0 Å². The van der Waals surface area contributed by atoms with E-state index in [4.69, 9.17) is 0 Å². The van der Waals surface area contributed by atoms with Gasteiger partial charge in [0.2, 0.25) is 5.88 Å². The number of nitrogens with zero attached hydrogens (tertiary/aromatic N) is 4. The summed E-state index contributed by atoms with van der Waals surface area (Å²) in [7, 11) is 0. The number of H-pyrrole nitrogens is 2. The first-order valence-electron chi connectivity index (χ1n) is 8.09. The van der Waals surface area contributed by atoms with E-state index >= 15 is 0 Å². The van der Waals surface area contributed by atoms with Crippen LogP contribution in [-0.4, -0.2) is 31.1 Å². The Morgan fingerprint density at radius 1 is 1.14 bits per heavy atom. The molecule has 0 atom stereocenters. The standard InChI is InChI=1S/C18H12N6O4/c25-17(23-22-16-12-6-1-2-7-13(12)19-18(16)26)15-9-14(20-21-15)10-4-3-5-11(8-10)24(27)28/h1-9,19,26H,(H,20,21). The molecule has 4 rings (SSSR count). The maximum atomic E-state index is 12.3. The zero-order valence-corrected chi connectivity index (χ0v) is 14.2. The van der Waals surface area contributed by atoms with Crippen LogP contribution in [0.25, 0.3) is 22.2 Å². The van der Waals surface area contributed by atoms with Crippen LogP contribution in [0.3, 0.4) is 0 Å². The van der Waals surface area contributed by atoms with Gasteiger partial charge in [-0.1, -0.05) is 30.3 Å². The van der Waals surface area contributed by atoms with Gasteiger partial charge in [-0.05, 0) is 12.1 Å². The fourth-order valence-corrected chi connectivity index (χ4v) is 2.72. The highest BCUT2D eigenvalue weighted by Crippen LogP contribution is 2.35. The van der Waals surface area contributed by atoms with Gasteiger partial charge in [-0.25, -0.2) is 0 Å². The normalized spacial score (nSPS) is 11.3. The fourth-order valence-electron chi connectivity index (χ4n) is 2.72. The average Bonchev–Trinajstić information content (AvgIpc) is 3.31. The SMILES string of the molecule is O=C(N=Nc1c(O)[nH]c2ccccc12)c1cc(-c2cccc([N+](=O)[O-])c2)n[nH]1. The van der Waals surface area contributed by atoms with E-state index in [-0.39, 0.29) is 22.9 Å². The van der Waals surface area contributed by atoms with Crippen LogP contribution in [0.15, 0.2) is 64.8 Å². The molecule has 3 N–H and O–H groups in total. The summed E-state index contributed by atoms with van der Waals surface area (Å²) >= 11 is 0. The van der Waals surface area contributed by atoms with Crippen molar-refractivity contribution in [2.24, 2.45) is 10.2 Å². The van der Waals surface area contributed by atoms with Crippen LogP contribution in [0.1, 0.15) is 10.5 Å². The summed E-state index contributed by atoms with van der Waals surface area (Å²) in [5.74, 6) is -0.895. The van der Waals surface area contributed by atoms with Crippen molar-refractivity contribution in [1.82, 2.24) is 15.2 Å². The molecule has 2 aromatic heterocycles. The number of non-ortho nitro benzene ring substituents is 1. The molecule has 2 aromatic carbocycles. The van der Waals surface area contributed by atoms with Crippen LogP contribution in [-0.2, 0) is 0 Å². The molecule has 0 aliphatic rings. The highest BCUT2D eigenvalue weighted by molar-refractivity contribution is 5.96. The Hall–Kier alpha value is -4.34. The predicted molar refractivity (Wildman–Crippen MR) is 99.5 cm³/mol. The number of aromatic nitrogens is 3. The number of aromatic hydroxyl groups is 1. The zero-order chi connectivity index (χ0) is 19.7. The number of benzene rings is 2. The first-order chi connectivity index (χ1) is 13.5. The topological polar surface area (TPSA) is 150 Å². The second kappa shape index (κ2) is 6.76. The van der Waals surface area contributed by atoms with Gasteiger partial charge in [0.1, 0.15) is 5.69 Å². The number of hydrogen-bond acceptors (Lipinski definition) is 6. The van der Waals surface area contributed by atoms with Crippen LogP contribution in [0.5, 0.6) is 5.88 Å². The quantitative estimate of drug-likeness (QED) is 0.278. The Balaban J connectivity index is 1.59. The van der Waals surface area contributed by atoms with Crippen LogP contribution < -0.4 is 0 Å². The van der Waals surface area contributed by atoms with Crippen molar-refractivity contribution in [3.63, 3.8) is 0 Å². The first-order valence-corrected chi connectivity index (χ1v) is 8.09. The number of carbonyl (C=O) groups excluding carboxylic acids is 1. The van der Waals surface area contributed by atoms with E-state index in [0.717, 1.165) is 0 Å². The molecule has 4 aromatic rings. The van der Waals surface area contributed by atoms with Gasteiger partial charge in [0.15, 0.2) is 5.69 Å². The summed E-state index contributed by atoms with van der Waals surface area (Å²) in [4.78, 5) is 25.4. The molecule has 10 nitrogen and oxygen atoms in total. The molecule has 2 heterocycles. The summed E-state index contributed by atoms with van der Waals surface area (Å²) in [6, 6.07) is 14.4. The number of nitrogens with one attached hydrogen (secondary N) is 2. The van der Waals surface area contributed by atoms with E-state index < -0.39 is 10.8 Å². The molecule has 0 radical (unpaired) electrons. The Morgan fingerprint density at radius 3 is 2.79 bits per heavy atom. The number of amides is 1. The van der Waals surface area contributed by atoms with Crippen molar-refractivity contribution in [1.29, 1.82) is 0 Å². The Morgan fingerprint density at radius 2 is 1.96 bits per heavy atom. The van der Waals surface area contributed by atoms with Crippen molar-refractivity contribution < 1.29 is 14.8 Å². The highest BCUT2D eigenvalue weighted by Gasteiger charge is 2.14. The number of nitro groups is 1. The van der Waals surface area contributed by atoms with E-state index in [0.29, 0.717) is 22.2 Å². The first kappa shape index (κ1) is 17.1. The number of azo groups is 1. The molecular weight excluding hydrogens is 364 g/mol. The zero-order valence-electron chi connectivity index (χ0n) is 14.2. The van der Waals surface area contributed by atoms with Gasteiger partial charge < -0.3 is 10.1 Å². The molecule has 138 valence electrons. The number of nitro benzene ring substituents is 1. The Labute approximate surface area is 156 Å². The molecule has 0 unspecified atom stereocenters. The average molecular weight is 376 g/mol. The maximum Gasteiger partial charge on any atom is 0.313 e. The van der Waals surface area contributed by atoms with E-state index in [1.54, 1.807) is 30.3 Å². The summed E-state index contributed by atoms with van der Waals surface area (Å²) in [6.45, 7) is 0. The molecule has 0 aliphatic carbocycles. The van der Waals surface area contributed by atoms with Crippen molar-refractivity contribution in [2.45, 2.75) is 0 Å². The lowest BCUT2D eigenvalue weighted by atomic mass is 10.1. The number of aromatic amines is 2. The molecule has 0 bridgehead atoms. The van der Waals surface area contributed by atoms with Crippen molar-refractivity contribution in [2.75, 3.05) is 0 Å². The summed E-state index contributed by atoms with van der Waals surface area (Å²) in [5, 5.41) is 35.5. The van der Waals surface area contributed by atoms with Crippen molar-refractivity contribution >= 4 is 28.2 Å². The van der Waals surface area contributed by atoms with Crippen LogP contribution in [0.4, 0.5) is 11.4 Å². The summed E-state index contributed by atoms with van der Waals surface area (Å²) < 4.78 is 0. The minimum Gasteiger partial charge on any atom is -0.493 e. The van der Waals surface area contributed by atoms with E-state index in [1.165, 1.54) is 24.3 Å². The lowest BCUT2D eigenvalue weighted by molar-refractivity contribution is -0.384. The van der Waals surface area contributed by atoms with Gasteiger partial charge in [0, 0.05) is 23.1 Å². The molecule has 0 aliphatic heterocycles. The minimum atomic E-state index is -0.700. The number of carbonyl (C=O) groups is 1. The number of fused-ring (bicyclic) bond motifs is 1. The summed E-state index contributed by atoms with van der Waals surface area (Å²) in [6.07, 6.45) is 0. The molecule has 0 spiro atoms. The molecule has 28 heavy (non-hydrogen) atoms. The lowest BCUT2D eigenvalue weighted by Gasteiger charge is -1.95. The van der Waals surface area contributed by atoms with Gasteiger partial charge in [0.25, 0.3) is 5.69 Å². The largest absolute Gasteiger partial charge is 0.493 e. The van der Waals surface area contributed by atoms with Crippen molar-refractivity contribution in [3.05, 3.63) is 70.4 Å². The van der Waals surface area contributed by atoms with Gasteiger partial charge in [-0.3, -0.25) is 20.0 Å². The predicted octanol–water partition coefficient (Wildman–Crippen LogP) is 4.10. The molecule has 0 saturated heterocycles. The second-order valence-electron chi connectivity index (χ2n) is 5.85. The second-order valence-corrected chi connectivity index (χ2v) is 5.85. The lowest BCUT2D eigenvalue weighted by Crippen LogP contribution is -1.93. The molecule has 0 fully saturated rings. The summed E-state index contributed by atoms with van der Waals surface area (Å²) in [5.41, 5.74) is 1.64. The number of para-hydroxylation sites is 1. The third-order valence-electron chi connectivity index (χ3n) is 4.06. The molecule has 0 saturated carbocycles. The van der Waals surface area contributed by atoms with Crippen LogP contribution in [0, 0.1) is 10.1 Å². The Bertz CT molecular complexity index is 1240. The number of hydrogen-bond donors (Lipinski definition) is 3. The van der Waals surface area contributed by atoms with Crippen molar-refractivity contribution in [3.8, 4) is 17.1 Å². The van der Waals surface area contributed by atoms with Crippen LogP contribution in [0.2, 0.25) is 0 Å². The van der Waals surface area contributed by atoms with Gasteiger partial charge >= 0.3 is 5.91 Å². The third kappa shape index (κ3) is 3.09. The smallest absolute Gasteiger partial charge is 0.313 e. The molecular formula is C18H12N6O4. The highest BCUT2D eigenvalue weighted by atomic mass is 16.6. The fraction of sp³-hybridized carbons (Fsp3) is 0. The molecule has 1 amide bonds. The minimum absolute atomic E-state index is 0.0598. The molecule has 10 heteroatoms. The van der Waals surface area contributed by atoms with Gasteiger partial charge in [-0.15, -0.1) is 10.2 Å². The maximum absolute atomic E-state index is 12.3. The van der Waals surface area contributed by atoms with E-state index in [9.17, 15) is 20.0 Å². The number of rotatable bonds is 4. The van der Waals surface area contributed by atoms with Gasteiger partial charge in [-0.2, -0.15) is 5.10 Å². The van der Waals surface area contributed by atoms with Gasteiger partial charge in [0.05, 0.1) is 16.1 Å². The van der Waals surface area contributed by atoms with E-state index in [1.807, 2.05) is 0 Å². The Kier molecular flexibility index (Phi) is 4.13.